The highest BCUT2D eigenvalue weighted by Gasteiger charge is 2.29. The molecule has 2 aromatic carbocycles. The van der Waals surface area contributed by atoms with E-state index < -0.39 is 20.9 Å². The van der Waals surface area contributed by atoms with Crippen LogP contribution in [-0.4, -0.2) is 47.0 Å². The van der Waals surface area contributed by atoms with Crippen molar-refractivity contribution < 1.29 is 23.4 Å². The molecule has 0 amide bonds. The van der Waals surface area contributed by atoms with Crippen LogP contribution in [0.5, 0.6) is 0 Å². The van der Waals surface area contributed by atoms with Crippen LogP contribution in [0.2, 0.25) is 0 Å². The third-order valence-electron chi connectivity index (χ3n) is 5.77. The number of halogens is 1. The number of nitrogens with zero attached hydrogens (tertiary/aromatic N) is 4. The van der Waals surface area contributed by atoms with Gasteiger partial charge in [0.25, 0.3) is 11.8 Å². The van der Waals surface area contributed by atoms with Crippen molar-refractivity contribution in [1.82, 2.24) is 20.2 Å². The molecule has 2 aromatic heterocycles. The van der Waals surface area contributed by atoms with E-state index in [4.69, 9.17) is 9.15 Å². The Kier molecular flexibility index (Phi) is 5.93. The van der Waals surface area contributed by atoms with Gasteiger partial charge in [0.15, 0.2) is 9.84 Å². The summed E-state index contributed by atoms with van der Waals surface area (Å²) < 4.78 is 50.9. The van der Waals surface area contributed by atoms with Crippen molar-refractivity contribution in [1.29, 1.82) is 0 Å². The van der Waals surface area contributed by atoms with Gasteiger partial charge in [-0.15, -0.1) is 10.2 Å². The van der Waals surface area contributed by atoms with Crippen molar-refractivity contribution in [2.75, 3.05) is 13.2 Å². The van der Waals surface area contributed by atoms with E-state index in [9.17, 15) is 12.8 Å². The lowest BCUT2D eigenvalue weighted by Crippen LogP contribution is -2.28. The minimum absolute atomic E-state index is 0. The second-order valence-electron chi connectivity index (χ2n) is 7.96. The summed E-state index contributed by atoms with van der Waals surface area (Å²) in [6.45, 7) is 2.67. The molecule has 0 spiro atoms. The number of aromatic nitrogens is 4. The molecule has 3 heterocycles. The van der Waals surface area contributed by atoms with E-state index in [0.717, 1.165) is 0 Å². The highest BCUT2D eigenvalue weighted by Crippen LogP contribution is 2.29. The number of aryl methyl sites for hydroxylation is 1. The van der Waals surface area contributed by atoms with Gasteiger partial charge in [0.2, 0.25) is 0 Å². The van der Waals surface area contributed by atoms with E-state index >= 15 is 0 Å². The van der Waals surface area contributed by atoms with E-state index in [1.165, 1.54) is 6.07 Å². The standard InChI is InChI=1S/C24H21FN4O4S.H2/c1-15-22(24-29-28-23(33-24)19-4-2-3-5-20(19)25)27-21(14-26-15)16-6-8-17(9-7-16)34(30,31)18-10-12-32-13-11-18;/h2-9,14,18H,10-13H2,1H3;1H. The maximum atomic E-state index is 14.1. The number of ether oxygens (including phenoxy) is 1. The Morgan fingerprint density at radius 1 is 1.00 bits per heavy atom. The molecule has 8 nitrogen and oxygen atoms in total. The molecular formula is C24H23FN4O4S. The maximum Gasteiger partial charge on any atom is 0.268 e. The Balaban J connectivity index is 0.00000289. The summed E-state index contributed by atoms with van der Waals surface area (Å²) in [6, 6.07) is 12.7. The molecule has 1 aliphatic heterocycles. The summed E-state index contributed by atoms with van der Waals surface area (Å²) in [5.41, 5.74) is 2.33. The van der Waals surface area contributed by atoms with Crippen LogP contribution in [-0.2, 0) is 14.6 Å². The fourth-order valence-corrected chi connectivity index (χ4v) is 5.56. The second-order valence-corrected chi connectivity index (χ2v) is 10.2. The third-order valence-corrected chi connectivity index (χ3v) is 8.05. The van der Waals surface area contributed by atoms with Crippen molar-refractivity contribution in [2.45, 2.75) is 29.9 Å². The molecular weight excluding hydrogens is 459 g/mol. The molecule has 10 heteroatoms. The van der Waals surface area contributed by atoms with Crippen molar-refractivity contribution in [3.8, 4) is 34.3 Å². The number of hydrogen-bond donors (Lipinski definition) is 0. The molecule has 176 valence electrons. The van der Waals surface area contributed by atoms with Crippen LogP contribution < -0.4 is 0 Å². The van der Waals surface area contributed by atoms with Crippen molar-refractivity contribution in [3.63, 3.8) is 0 Å². The molecule has 0 unspecified atom stereocenters. The van der Waals surface area contributed by atoms with Crippen LogP contribution in [0.25, 0.3) is 34.3 Å². The minimum atomic E-state index is -3.43. The van der Waals surface area contributed by atoms with E-state index in [0.29, 0.717) is 48.7 Å². The quantitative estimate of drug-likeness (QED) is 0.409. The smallest absolute Gasteiger partial charge is 0.268 e. The SMILES string of the molecule is Cc1ncc(-c2ccc(S(=O)(=O)C3CCOCC3)cc2)nc1-c1nnc(-c2ccccc2F)o1.[HH]. The Labute approximate surface area is 197 Å². The molecule has 1 aliphatic rings. The molecule has 0 aliphatic carbocycles. The first-order valence-corrected chi connectivity index (χ1v) is 12.3. The Morgan fingerprint density at radius 2 is 1.71 bits per heavy atom. The zero-order valence-electron chi connectivity index (χ0n) is 18.3. The van der Waals surface area contributed by atoms with Crippen LogP contribution in [0.1, 0.15) is 20.0 Å². The van der Waals surface area contributed by atoms with Gasteiger partial charge in [0, 0.05) is 20.2 Å². The van der Waals surface area contributed by atoms with Crippen LogP contribution in [0.4, 0.5) is 4.39 Å². The summed E-state index contributed by atoms with van der Waals surface area (Å²) in [4.78, 5) is 9.26. The lowest BCUT2D eigenvalue weighted by Gasteiger charge is -2.22. The van der Waals surface area contributed by atoms with Crippen LogP contribution in [0, 0.1) is 12.7 Å². The highest BCUT2D eigenvalue weighted by atomic mass is 32.2. The van der Waals surface area contributed by atoms with Gasteiger partial charge < -0.3 is 9.15 Å². The Hall–Kier alpha value is -3.50. The van der Waals surface area contributed by atoms with E-state index in [1.54, 1.807) is 55.6 Å². The number of benzene rings is 2. The van der Waals surface area contributed by atoms with Gasteiger partial charge in [0.1, 0.15) is 11.5 Å². The fourth-order valence-electron chi connectivity index (χ4n) is 3.85. The van der Waals surface area contributed by atoms with Gasteiger partial charge in [-0.05, 0) is 44.0 Å². The molecule has 5 rings (SSSR count). The maximum absolute atomic E-state index is 14.1. The van der Waals surface area contributed by atoms with Crippen LogP contribution in [0.15, 0.2) is 64.0 Å². The monoisotopic (exact) mass is 482 g/mol. The first-order chi connectivity index (χ1) is 16.4. The number of sulfone groups is 1. The normalized spacial score (nSPS) is 14.9. The summed E-state index contributed by atoms with van der Waals surface area (Å²) in [5.74, 6) is -0.309. The molecule has 0 N–H and O–H groups in total. The predicted octanol–water partition coefficient (Wildman–Crippen LogP) is 4.51. The van der Waals surface area contributed by atoms with Gasteiger partial charge >= 0.3 is 0 Å². The zero-order valence-corrected chi connectivity index (χ0v) is 19.1. The summed E-state index contributed by atoms with van der Waals surface area (Å²) in [6.07, 6.45) is 2.58. The fraction of sp³-hybridized carbons (Fsp3) is 0.250. The average Bonchev–Trinajstić information content (AvgIpc) is 3.35. The zero-order chi connectivity index (χ0) is 23.7. The van der Waals surface area contributed by atoms with Crippen molar-refractivity contribution >= 4 is 9.84 Å². The molecule has 0 atom stereocenters. The van der Waals surface area contributed by atoms with Crippen LogP contribution >= 0.6 is 0 Å². The number of hydrogen-bond acceptors (Lipinski definition) is 8. The number of rotatable bonds is 5. The molecule has 0 saturated carbocycles. The van der Waals surface area contributed by atoms with E-state index in [2.05, 4.69) is 20.2 Å². The topological polar surface area (TPSA) is 108 Å². The molecule has 1 saturated heterocycles. The summed E-state index contributed by atoms with van der Waals surface area (Å²) in [5, 5.41) is 7.54. The van der Waals surface area contributed by atoms with Gasteiger partial charge in [-0.25, -0.2) is 17.8 Å². The van der Waals surface area contributed by atoms with Crippen molar-refractivity contribution in [3.05, 3.63) is 66.2 Å². The second kappa shape index (κ2) is 9.03. The highest BCUT2D eigenvalue weighted by molar-refractivity contribution is 7.92. The largest absolute Gasteiger partial charge is 0.414 e. The van der Waals surface area contributed by atoms with Crippen molar-refractivity contribution in [2.24, 2.45) is 0 Å². The predicted molar refractivity (Wildman–Crippen MR) is 124 cm³/mol. The van der Waals surface area contributed by atoms with E-state index in [-0.39, 0.29) is 23.7 Å². The average molecular weight is 483 g/mol. The molecule has 4 aromatic rings. The lowest BCUT2D eigenvalue weighted by atomic mass is 10.1. The summed E-state index contributed by atoms with van der Waals surface area (Å²) in [7, 11) is -3.43. The van der Waals surface area contributed by atoms with Gasteiger partial charge in [0.05, 0.1) is 33.3 Å². The molecule has 34 heavy (non-hydrogen) atoms. The molecule has 1 fully saturated rings. The summed E-state index contributed by atoms with van der Waals surface area (Å²) >= 11 is 0. The first-order valence-electron chi connectivity index (χ1n) is 10.8. The van der Waals surface area contributed by atoms with Gasteiger partial charge in [-0.3, -0.25) is 4.98 Å². The third kappa shape index (κ3) is 4.22. The first kappa shape index (κ1) is 22.3. The molecule has 0 bridgehead atoms. The molecule has 0 radical (unpaired) electrons. The lowest BCUT2D eigenvalue weighted by molar-refractivity contribution is 0.0983. The van der Waals surface area contributed by atoms with Gasteiger partial charge in [-0.1, -0.05) is 24.3 Å². The van der Waals surface area contributed by atoms with Gasteiger partial charge in [-0.2, -0.15) is 0 Å². The minimum Gasteiger partial charge on any atom is -0.414 e. The van der Waals surface area contributed by atoms with E-state index in [1.807, 2.05) is 0 Å². The Bertz CT molecular complexity index is 1440. The Morgan fingerprint density at radius 3 is 2.44 bits per heavy atom. The van der Waals surface area contributed by atoms with Crippen LogP contribution in [0.3, 0.4) is 0 Å².